The molecule has 68 valence electrons. The fraction of sp³-hybridized carbons (Fsp3) is 0.364. The van der Waals surface area contributed by atoms with Crippen LogP contribution in [0.4, 0.5) is 0 Å². The topological polar surface area (TPSA) is 37.3 Å². The zero-order chi connectivity index (χ0) is 9.26. The van der Waals surface area contributed by atoms with E-state index in [-0.39, 0.29) is 11.2 Å². The molecule has 0 atom stereocenters. The van der Waals surface area contributed by atoms with Gasteiger partial charge in [0.15, 0.2) is 5.75 Å². The Bertz CT molecular complexity index is 367. The molecule has 0 bridgehead atoms. The van der Waals surface area contributed by atoms with Gasteiger partial charge in [-0.05, 0) is 24.8 Å². The van der Waals surface area contributed by atoms with Crippen LogP contribution in [0.2, 0.25) is 0 Å². The second-order valence-corrected chi connectivity index (χ2v) is 3.51. The summed E-state index contributed by atoms with van der Waals surface area (Å²) in [5, 5.41) is 9.58. The van der Waals surface area contributed by atoms with Gasteiger partial charge in [-0.3, -0.25) is 4.79 Å². The predicted octanol–water partition coefficient (Wildman–Crippen LogP) is 2.02. The van der Waals surface area contributed by atoms with E-state index in [4.69, 9.17) is 0 Å². The van der Waals surface area contributed by atoms with Gasteiger partial charge >= 0.3 is 0 Å². The fourth-order valence-corrected chi connectivity index (χ4v) is 1.65. The van der Waals surface area contributed by atoms with Crippen molar-refractivity contribution in [2.75, 3.05) is 0 Å². The van der Waals surface area contributed by atoms with Crippen LogP contribution in [0.15, 0.2) is 29.1 Å². The molecule has 0 radical (unpaired) electrons. The maximum Gasteiger partial charge on any atom is 0.220 e. The van der Waals surface area contributed by atoms with E-state index in [0.29, 0.717) is 5.92 Å². The smallest absolute Gasteiger partial charge is 0.220 e. The molecule has 2 rings (SSSR count). The highest BCUT2D eigenvalue weighted by molar-refractivity contribution is 5.34. The van der Waals surface area contributed by atoms with Gasteiger partial charge in [0.05, 0.1) is 0 Å². The number of rotatable bonds is 1. The second kappa shape index (κ2) is 3.21. The van der Waals surface area contributed by atoms with Crippen molar-refractivity contribution in [3.05, 3.63) is 40.1 Å². The summed E-state index contributed by atoms with van der Waals surface area (Å²) in [5.74, 6) is 0.342. The molecule has 1 N–H and O–H groups in total. The van der Waals surface area contributed by atoms with Crippen molar-refractivity contribution >= 4 is 0 Å². The number of hydrogen-bond acceptors (Lipinski definition) is 2. The van der Waals surface area contributed by atoms with Crippen molar-refractivity contribution in [3.8, 4) is 5.75 Å². The SMILES string of the molecule is O=c1ccccc(C2CCC2)c1O. The normalized spacial score (nSPS) is 16.6. The molecule has 1 aromatic rings. The first-order valence-corrected chi connectivity index (χ1v) is 4.61. The fourth-order valence-electron chi connectivity index (χ4n) is 1.65. The summed E-state index contributed by atoms with van der Waals surface area (Å²) in [6.07, 6.45) is 3.39. The van der Waals surface area contributed by atoms with E-state index in [2.05, 4.69) is 0 Å². The molecule has 1 aliphatic rings. The minimum absolute atomic E-state index is 0.0605. The Labute approximate surface area is 76.9 Å². The van der Waals surface area contributed by atoms with E-state index in [1.165, 1.54) is 12.5 Å². The van der Waals surface area contributed by atoms with Crippen molar-refractivity contribution in [1.82, 2.24) is 0 Å². The summed E-state index contributed by atoms with van der Waals surface area (Å²) >= 11 is 0. The first-order valence-electron chi connectivity index (χ1n) is 4.61. The van der Waals surface area contributed by atoms with Crippen LogP contribution in [0.5, 0.6) is 5.75 Å². The zero-order valence-electron chi connectivity index (χ0n) is 7.36. The molecule has 0 aromatic heterocycles. The Morgan fingerprint density at radius 3 is 2.54 bits per heavy atom. The molecule has 1 saturated carbocycles. The Kier molecular flexibility index (Phi) is 2.05. The lowest BCUT2D eigenvalue weighted by atomic mass is 9.80. The van der Waals surface area contributed by atoms with Crippen LogP contribution in [0, 0.1) is 0 Å². The van der Waals surface area contributed by atoms with Crippen LogP contribution in [0.1, 0.15) is 30.7 Å². The molecular weight excluding hydrogens is 164 g/mol. The largest absolute Gasteiger partial charge is 0.504 e. The van der Waals surface area contributed by atoms with Crippen molar-refractivity contribution in [3.63, 3.8) is 0 Å². The van der Waals surface area contributed by atoms with Gasteiger partial charge in [-0.15, -0.1) is 0 Å². The van der Waals surface area contributed by atoms with Gasteiger partial charge in [-0.25, -0.2) is 0 Å². The van der Waals surface area contributed by atoms with Crippen molar-refractivity contribution in [2.24, 2.45) is 0 Å². The molecule has 0 aliphatic heterocycles. The molecule has 0 heterocycles. The van der Waals surface area contributed by atoms with Gasteiger partial charge < -0.3 is 5.11 Å². The van der Waals surface area contributed by atoms with Crippen LogP contribution in [0.3, 0.4) is 0 Å². The average molecular weight is 176 g/mol. The molecular formula is C11H12O2. The summed E-state index contributed by atoms with van der Waals surface area (Å²) in [6, 6.07) is 6.73. The molecule has 0 amide bonds. The maximum atomic E-state index is 11.2. The highest BCUT2D eigenvalue weighted by Crippen LogP contribution is 2.38. The van der Waals surface area contributed by atoms with E-state index >= 15 is 0 Å². The molecule has 1 fully saturated rings. The van der Waals surface area contributed by atoms with E-state index in [0.717, 1.165) is 18.4 Å². The van der Waals surface area contributed by atoms with Crippen LogP contribution < -0.4 is 5.43 Å². The minimum Gasteiger partial charge on any atom is -0.504 e. The monoisotopic (exact) mass is 176 g/mol. The molecule has 1 aromatic carbocycles. The summed E-state index contributed by atoms with van der Waals surface area (Å²) in [4.78, 5) is 11.2. The van der Waals surface area contributed by atoms with Gasteiger partial charge in [-0.2, -0.15) is 0 Å². The second-order valence-electron chi connectivity index (χ2n) is 3.51. The number of hydrogen-bond donors (Lipinski definition) is 1. The standard InChI is InChI=1S/C11H12O2/c12-10-7-2-1-6-9(11(10)13)8-4-3-5-8/h1-2,6-8H,3-5H2,(H,12,13). The molecule has 1 aliphatic carbocycles. The number of aromatic hydroxyl groups is 1. The molecule has 0 unspecified atom stereocenters. The zero-order valence-corrected chi connectivity index (χ0v) is 7.36. The molecule has 13 heavy (non-hydrogen) atoms. The highest BCUT2D eigenvalue weighted by Gasteiger charge is 2.22. The van der Waals surface area contributed by atoms with E-state index in [9.17, 15) is 9.90 Å². The summed E-state index contributed by atoms with van der Waals surface area (Å²) in [6.45, 7) is 0. The third-order valence-corrected chi connectivity index (χ3v) is 2.69. The third kappa shape index (κ3) is 1.44. The van der Waals surface area contributed by atoms with Gasteiger partial charge in [0.2, 0.25) is 5.43 Å². The van der Waals surface area contributed by atoms with Crippen molar-refractivity contribution in [2.45, 2.75) is 25.2 Å². The van der Waals surface area contributed by atoms with Crippen LogP contribution in [-0.2, 0) is 0 Å². The predicted molar refractivity (Wildman–Crippen MR) is 51.0 cm³/mol. The van der Waals surface area contributed by atoms with Crippen LogP contribution in [0.25, 0.3) is 0 Å². The summed E-state index contributed by atoms with van der Waals surface area (Å²) < 4.78 is 0. The van der Waals surface area contributed by atoms with E-state index in [1.807, 2.05) is 12.1 Å². The lowest BCUT2D eigenvalue weighted by Gasteiger charge is -2.25. The Hall–Kier alpha value is -1.31. The van der Waals surface area contributed by atoms with Gasteiger partial charge in [0.25, 0.3) is 0 Å². The van der Waals surface area contributed by atoms with Gasteiger partial charge in [0.1, 0.15) is 0 Å². The van der Waals surface area contributed by atoms with Crippen LogP contribution in [-0.4, -0.2) is 5.11 Å². The van der Waals surface area contributed by atoms with E-state index in [1.54, 1.807) is 6.07 Å². The Morgan fingerprint density at radius 2 is 1.92 bits per heavy atom. The molecule has 0 spiro atoms. The quantitative estimate of drug-likeness (QED) is 0.710. The van der Waals surface area contributed by atoms with Crippen molar-refractivity contribution in [1.29, 1.82) is 0 Å². The lowest BCUT2D eigenvalue weighted by Crippen LogP contribution is -2.10. The summed E-state index contributed by atoms with van der Waals surface area (Å²) in [7, 11) is 0. The molecule has 2 nitrogen and oxygen atoms in total. The molecule has 0 saturated heterocycles. The molecule has 2 heteroatoms. The minimum atomic E-state index is -0.271. The Morgan fingerprint density at radius 1 is 1.23 bits per heavy atom. The highest BCUT2D eigenvalue weighted by atomic mass is 16.3. The maximum absolute atomic E-state index is 11.2. The lowest BCUT2D eigenvalue weighted by molar-refractivity contribution is 0.392. The van der Waals surface area contributed by atoms with Crippen molar-refractivity contribution < 1.29 is 5.11 Å². The first-order chi connectivity index (χ1) is 6.29. The van der Waals surface area contributed by atoms with Crippen LogP contribution >= 0.6 is 0 Å². The average Bonchev–Trinajstić information content (AvgIpc) is 2.17. The first kappa shape index (κ1) is 8.30. The summed E-state index contributed by atoms with van der Waals surface area (Å²) in [5.41, 5.74) is 0.549. The third-order valence-electron chi connectivity index (χ3n) is 2.69. The van der Waals surface area contributed by atoms with E-state index < -0.39 is 0 Å². The Balaban J connectivity index is 2.51. The van der Waals surface area contributed by atoms with Gasteiger partial charge in [-0.1, -0.05) is 24.6 Å². The van der Waals surface area contributed by atoms with Gasteiger partial charge in [0, 0.05) is 5.56 Å².